The second kappa shape index (κ2) is 9.48. The van der Waals surface area contributed by atoms with Gasteiger partial charge in [0.15, 0.2) is 9.84 Å². The number of alkyl halides is 3. The standard InChI is InChI=1S/C24H27F3N2O4S/c1-34(31,32)20-10-11-22(33-19-4-2-3-5-19)21(16-20)23(30)29-14-12-28(13-15-29)18-8-6-17(7-9-18)24(25,26)27/h6-11,16,19H,2-5,12-15H2,1H3. The van der Waals surface area contributed by atoms with E-state index in [0.717, 1.165) is 44.1 Å². The van der Waals surface area contributed by atoms with Crippen LogP contribution in [0.15, 0.2) is 47.4 Å². The molecule has 6 nitrogen and oxygen atoms in total. The van der Waals surface area contributed by atoms with E-state index in [4.69, 9.17) is 4.74 Å². The summed E-state index contributed by atoms with van der Waals surface area (Å²) in [5, 5.41) is 0. The number of amides is 1. The van der Waals surface area contributed by atoms with E-state index >= 15 is 0 Å². The van der Waals surface area contributed by atoms with Gasteiger partial charge in [-0.25, -0.2) is 8.42 Å². The lowest BCUT2D eigenvalue weighted by Gasteiger charge is -2.36. The molecular formula is C24H27F3N2O4S. The van der Waals surface area contributed by atoms with Crippen molar-refractivity contribution in [2.45, 2.75) is 42.9 Å². The molecule has 0 N–H and O–H groups in total. The Hall–Kier alpha value is -2.75. The van der Waals surface area contributed by atoms with Crippen molar-refractivity contribution in [3.8, 4) is 5.75 Å². The quantitative estimate of drug-likeness (QED) is 0.614. The summed E-state index contributed by atoms with van der Waals surface area (Å²) in [4.78, 5) is 17.0. The number of hydrogen-bond donors (Lipinski definition) is 0. The smallest absolute Gasteiger partial charge is 0.416 e. The van der Waals surface area contributed by atoms with Crippen LogP contribution in [0, 0.1) is 0 Å². The van der Waals surface area contributed by atoms with Crippen molar-refractivity contribution < 1.29 is 31.1 Å². The molecule has 2 aliphatic rings. The summed E-state index contributed by atoms with van der Waals surface area (Å²) in [6.45, 7) is 1.60. The van der Waals surface area contributed by atoms with Crippen LogP contribution < -0.4 is 9.64 Å². The molecule has 1 saturated carbocycles. The first-order valence-corrected chi connectivity index (χ1v) is 13.1. The van der Waals surface area contributed by atoms with E-state index in [9.17, 15) is 26.4 Å². The normalized spacial score (nSPS) is 17.8. The Morgan fingerprint density at radius 2 is 1.59 bits per heavy atom. The fraction of sp³-hybridized carbons (Fsp3) is 0.458. The summed E-state index contributed by atoms with van der Waals surface area (Å²) in [5.41, 5.74) is 0.174. The molecule has 10 heteroatoms. The van der Waals surface area contributed by atoms with Crippen molar-refractivity contribution in [3.05, 3.63) is 53.6 Å². The molecule has 0 radical (unpaired) electrons. The second-order valence-corrected chi connectivity index (χ2v) is 10.8. The van der Waals surface area contributed by atoms with Gasteiger partial charge in [-0.15, -0.1) is 0 Å². The average molecular weight is 497 g/mol. The van der Waals surface area contributed by atoms with E-state index in [2.05, 4.69) is 0 Å². The zero-order chi connectivity index (χ0) is 24.5. The summed E-state index contributed by atoms with van der Waals surface area (Å²) >= 11 is 0. The Kier molecular flexibility index (Phi) is 6.80. The number of sulfone groups is 1. The SMILES string of the molecule is CS(=O)(=O)c1ccc(OC2CCCC2)c(C(=O)N2CCN(c3ccc(C(F)(F)F)cc3)CC2)c1. The minimum atomic E-state index is -4.39. The molecule has 0 atom stereocenters. The molecule has 0 spiro atoms. The van der Waals surface area contributed by atoms with Crippen LogP contribution in [0.5, 0.6) is 5.75 Å². The van der Waals surface area contributed by atoms with E-state index in [1.54, 1.807) is 11.0 Å². The number of hydrogen-bond acceptors (Lipinski definition) is 5. The number of carbonyl (C=O) groups is 1. The number of nitrogens with zero attached hydrogens (tertiary/aromatic N) is 2. The maximum Gasteiger partial charge on any atom is 0.416 e. The molecule has 2 fully saturated rings. The fourth-order valence-electron chi connectivity index (χ4n) is 4.39. The van der Waals surface area contributed by atoms with E-state index in [1.807, 2.05) is 4.90 Å². The molecule has 4 rings (SSSR count). The number of piperazine rings is 1. The molecule has 1 amide bonds. The van der Waals surface area contributed by atoms with Gasteiger partial charge in [0.05, 0.1) is 22.1 Å². The third-order valence-corrected chi connectivity index (χ3v) is 7.44. The van der Waals surface area contributed by atoms with Crippen LogP contribution >= 0.6 is 0 Å². The highest BCUT2D eigenvalue weighted by Crippen LogP contribution is 2.32. The maximum atomic E-state index is 13.4. The first kappa shape index (κ1) is 24.4. The monoisotopic (exact) mass is 496 g/mol. The average Bonchev–Trinajstić information content (AvgIpc) is 3.31. The molecule has 1 aliphatic carbocycles. The summed E-state index contributed by atoms with van der Waals surface area (Å²) in [6, 6.07) is 9.36. The fourth-order valence-corrected chi connectivity index (χ4v) is 5.04. The molecule has 1 heterocycles. The van der Waals surface area contributed by atoms with Crippen LogP contribution in [0.2, 0.25) is 0 Å². The number of halogens is 3. The maximum absolute atomic E-state index is 13.4. The molecule has 0 bridgehead atoms. The van der Waals surface area contributed by atoms with Gasteiger partial charge < -0.3 is 14.5 Å². The summed E-state index contributed by atoms with van der Waals surface area (Å²) < 4.78 is 68.7. The van der Waals surface area contributed by atoms with Gasteiger partial charge in [-0.05, 0) is 68.1 Å². The third kappa shape index (κ3) is 5.48. The van der Waals surface area contributed by atoms with Gasteiger partial charge >= 0.3 is 6.18 Å². The van der Waals surface area contributed by atoms with Crippen molar-refractivity contribution in [1.29, 1.82) is 0 Å². The summed E-state index contributed by atoms with van der Waals surface area (Å²) in [5.74, 6) is 0.0695. The molecule has 2 aromatic carbocycles. The zero-order valence-corrected chi connectivity index (χ0v) is 19.7. The first-order chi connectivity index (χ1) is 16.0. The van der Waals surface area contributed by atoms with E-state index in [1.165, 1.54) is 24.3 Å². The van der Waals surface area contributed by atoms with Crippen LogP contribution in [0.1, 0.15) is 41.6 Å². The molecular weight excluding hydrogens is 469 g/mol. The number of ether oxygens (including phenoxy) is 1. The Balaban J connectivity index is 1.49. The van der Waals surface area contributed by atoms with Gasteiger partial charge in [-0.1, -0.05) is 0 Å². The van der Waals surface area contributed by atoms with Crippen LogP contribution in [0.3, 0.4) is 0 Å². The minimum Gasteiger partial charge on any atom is -0.490 e. The van der Waals surface area contributed by atoms with Crippen LogP contribution in [0.25, 0.3) is 0 Å². The van der Waals surface area contributed by atoms with Crippen molar-refractivity contribution in [2.24, 2.45) is 0 Å². The molecule has 0 aromatic heterocycles. The van der Waals surface area contributed by atoms with E-state index in [0.29, 0.717) is 37.6 Å². The van der Waals surface area contributed by atoms with Gasteiger partial charge in [0.25, 0.3) is 5.91 Å². The first-order valence-electron chi connectivity index (χ1n) is 11.2. The van der Waals surface area contributed by atoms with Crippen molar-refractivity contribution >= 4 is 21.4 Å². The minimum absolute atomic E-state index is 0.00662. The van der Waals surface area contributed by atoms with E-state index < -0.39 is 21.6 Å². The zero-order valence-electron chi connectivity index (χ0n) is 18.8. The lowest BCUT2D eigenvalue weighted by Crippen LogP contribution is -2.49. The Bertz CT molecular complexity index is 1140. The van der Waals surface area contributed by atoms with Crippen molar-refractivity contribution in [2.75, 3.05) is 37.3 Å². The molecule has 2 aromatic rings. The lowest BCUT2D eigenvalue weighted by atomic mass is 10.1. The third-order valence-electron chi connectivity index (χ3n) is 6.33. The van der Waals surface area contributed by atoms with Gasteiger partial charge in [0.2, 0.25) is 0 Å². The van der Waals surface area contributed by atoms with Gasteiger partial charge in [-0.2, -0.15) is 13.2 Å². The van der Waals surface area contributed by atoms with Gasteiger partial charge in [0, 0.05) is 38.1 Å². The Morgan fingerprint density at radius 3 is 2.15 bits per heavy atom. The second-order valence-electron chi connectivity index (χ2n) is 8.78. The number of anilines is 1. The molecule has 184 valence electrons. The predicted molar refractivity (Wildman–Crippen MR) is 122 cm³/mol. The number of benzene rings is 2. The van der Waals surface area contributed by atoms with E-state index in [-0.39, 0.29) is 22.5 Å². The summed E-state index contributed by atoms with van der Waals surface area (Å²) in [7, 11) is -3.51. The predicted octanol–water partition coefficient (Wildman–Crippen LogP) is 4.39. The van der Waals surface area contributed by atoms with Crippen LogP contribution in [-0.2, 0) is 16.0 Å². The van der Waals surface area contributed by atoms with Crippen LogP contribution in [0.4, 0.5) is 18.9 Å². The topological polar surface area (TPSA) is 66.9 Å². The summed E-state index contributed by atoms with van der Waals surface area (Å²) in [6.07, 6.45) is 0.620. The highest BCUT2D eigenvalue weighted by atomic mass is 32.2. The van der Waals surface area contributed by atoms with Crippen molar-refractivity contribution in [1.82, 2.24) is 4.90 Å². The Labute approximate surface area is 197 Å². The number of carbonyl (C=O) groups excluding carboxylic acids is 1. The highest BCUT2D eigenvalue weighted by Gasteiger charge is 2.31. The molecule has 1 saturated heterocycles. The Morgan fingerprint density at radius 1 is 0.971 bits per heavy atom. The number of rotatable bonds is 5. The lowest BCUT2D eigenvalue weighted by molar-refractivity contribution is -0.137. The van der Waals surface area contributed by atoms with Crippen molar-refractivity contribution in [3.63, 3.8) is 0 Å². The van der Waals surface area contributed by atoms with Gasteiger partial charge in [-0.3, -0.25) is 4.79 Å². The molecule has 0 unspecified atom stereocenters. The van der Waals surface area contributed by atoms with Crippen LogP contribution in [-0.4, -0.2) is 57.8 Å². The highest BCUT2D eigenvalue weighted by molar-refractivity contribution is 7.90. The largest absolute Gasteiger partial charge is 0.490 e. The van der Waals surface area contributed by atoms with Gasteiger partial charge in [0.1, 0.15) is 5.75 Å². The molecule has 34 heavy (non-hydrogen) atoms. The molecule has 1 aliphatic heterocycles.